The van der Waals surface area contributed by atoms with Crippen molar-refractivity contribution in [3.8, 4) is 0 Å². The Morgan fingerprint density at radius 2 is 0.490 bits per heavy atom. The van der Waals surface area contributed by atoms with Crippen molar-refractivity contribution in [2.45, 2.75) is 95.0 Å². The smallest absolute Gasteiger partial charge is 0.374 e. The zero-order valence-electron chi connectivity index (χ0n) is 56.0. The Hall–Kier alpha value is -10.2. The molecule has 0 aliphatic rings. The molecule has 30 heteroatoms. The van der Waals surface area contributed by atoms with Gasteiger partial charge in [0.1, 0.15) is 85.7 Å². The summed E-state index contributed by atoms with van der Waals surface area (Å²) in [6.45, 7) is 18.0. The summed E-state index contributed by atoms with van der Waals surface area (Å²) in [6, 6.07) is 25.7. The molecule has 0 atom stereocenters. The number of aryl methyl sites for hydroxylation is 2. The highest BCUT2D eigenvalue weighted by atomic mass is 16.6. The van der Waals surface area contributed by atoms with Crippen LogP contribution in [0.15, 0.2) is 132 Å². The van der Waals surface area contributed by atoms with Crippen molar-refractivity contribution in [2.75, 3.05) is 82.3 Å². The van der Waals surface area contributed by atoms with Crippen molar-refractivity contribution in [3.05, 3.63) is 189 Å². The van der Waals surface area contributed by atoms with Crippen molar-refractivity contribution in [1.82, 2.24) is 0 Å². The van der Waals surface area contributed by atoms with Gasteiger partial charge in [-0.1, -0.05) is 0 Å². The monoisotopic (exact) mass is 1360 g/mol. The van der Waals surface area contributed by atoms with Gasteiger partial charge in [0.2, 0.25) is 46.1 Å². The van der Waals surface area contributed by atoms with Crippen LogP contribution in [0.1, 0.15) is 172 Å². The quantitative estimate of drug-likeness (QED) is 0.0419. The van der Waals surface area contributed by atoms with E-state index in [1.54, 1.807) is 129 Å². The molecule has 96 heavy (non-hydrogen) atoms. The summed E-state index contributed by atoms with van der Waals surface area (Å²) in [5.41, 5.74) is 0. The van der Waals surface area contributed by atoms with Crippen LogP contribution in [0, 0.1) is 13.8 Å². The Morgan fingerprint density at radius 3 is 0.688 bits per heavy atom. The summed E-state index contributed by atoms with van der Waals surface area (Å²) < 4.78 is 96.8. The molecule has 8 aromatic rings. The van der Waals surface area contributed by atoms with Crippen molar-refractivity contribution in [1.29, 1.82) is 0 Å². The van der Waals surface area contributed by atoms with E-state index in [2.05, 4.69) is 23.7 Å². The first-order valence-corrected chi connectivity index (χ1v) is 29.2. The highest BCUT2D eigenvalue weighted by Gasteiger charge is 2.16. The number of carbonyl (C=O) groups excluding carboxylic acids is 8. The molecule has 0 radical (unpaired) electrons. The van der Waals surface area contributed by atoms with Gasteiger partial charge in [0.15, 0.2) is 0 Å². The highest BCUT2D eigenvalue weighted by Crippen LogP contribution is 2.15. The summed E-state index contributed by atoms with van der Waals surface area (Å²) in [7, 11) is 8.32. The molecule has 528 valence electrons. The molecule has 0 aliphatic carbocycles. The maximum atomic E-state index is 11.2. The molecule has 0 spiro atoms. The van der Waals surface area contributed by atoms with Gasteiger partial charge in [0.05, 0.1) is 54.9 Å². The normalized spacial score (nSPS) is 9.83. The van der Waals surface area contributed by atoms with E-state index in [1.807, 2.05) is 13.8 Å². The summed E-state index contributed by atoms with van der Waals surface area (Å²) in [6.07, 6.45) is 0. The number of furan rings is 8. The minimum absolute atomic E-state index is 0.108. The van der Waals surface area contributed by atoms with Crippen LogP contribution in [0.4, 0.5) is 0 Å². The lowest BCUT2D eigenvalue weighted by Crippen LogP contribution is -2.02. The predicted octanol–water partition coefficient (Wildman–Crippen LogP) is 11.1. The number of methoxy groups -OCH3 is 6. The molecule has 0 aromatic carbocycles. The van der Waals surface area contributed by atoms with E-state index in [4.69, 9.17) is 78.7 Å². The van der Waals surface area contributed by atoms with Crippen LogP contribution in [0.3, 0.4) is 0 Å². The predicted molar refractivity (Wildman–Crippen MR) is 332 cm³/mol. The number of hydrogen-bond acceptors (Lipinski definition) is 30. The van der Waals surface area contributed by atoms with E-state index >= 15 is 0 Å². The first-order chi connectivity index (χ1) is 46.1. The lowest BCUT2D eigenvalue weighted by Gasteiger charge is -1.98. The minimum Gasteiger partial charge on any atom is -0.463 e. The number of carbonyl (C=O) groups is 8. The fraction of sp³-hybridized carbons (Fsp3) is 0.394. The number of hydrogen-bond donors (Lipinski definition) is 2. The van der Waals surface area contributed by atoms with E-state index in [9.17, 15) is 38.4 Å². The molecule has 30 nitrogen and oxygen atoms in total. The Labute approximate surface area is 553 Å². The zero-order chi connectivity index (χ0) is 71.8. The molecule has 0 saturated heterocycles. The Morgan fingerprint density at radius 1 is 0.281 bits per heavy atom. The van der Waals surface area contributed by atoms with Gasteiger partial charge in [-0.3, -0.25) is 0 Å². The first kappa shape index (κ1) is 83.8. The SMILES string of the molecule is CCOC(=O)c1ccc(C)o1.CCOC(=O)c1ccc(CO)o1.CCOC(=O)c1ccc(COC)o1.CCOCc1ccc(C(=O)OC)o1.CCOCc1ccc(C(=O)OCC)o1.COC(=O)c1ccc(C)o1.COC(=O)c1ccc(CO)o1.COCc1ccc(C(=O)OC)o1. The lowest BCUT2D eigenvalue weighted by atomic mass is 10.4. The second kappa shape index (κ2) is 49.4. The van der Waals surface area contributed by atoms with E-state index in [0.29, 0.717) is 112 Å². The number of rotatable bonds is 24. The second-order valence-electron chi connectivity index (χ2n) is 17.7. The summed E-state index contributed by atoms with van der Waals surface area (Å²) >= 11 is 0. The third-order valence-electron chi connectivity index (χ3n) is 10.7. The molecular weight excluding hydrogens is 1270 g/mol. The molecule has 0 unspecified atom stereocenters. The molecule has 0 amide bonds. The fourth-order valence-electron chi connectivity index (χ4n) is 6.40. The van der Waals surface area contributed by atoms with E-state index in [1.165, 1.54) is 52.7 Å². The molecule has 0 fully saturated rings. The second-order valence-corrected chi connectivity index (χ2v) is 17.7. The van der Waals surface area contributed by atoms with E-state index in [-0.39, 0.29) is 59.3 Å². The Bertz CT molecular complexity index is 3460. The molecular formula is C66H84O30. The van der Waals surface area contributed by atoms with Gasteiger partial charge in [-0.05, 0) is 152 Å². The Balaban J connectivity index is 0.000000550. The minimum atomic E-state index is -0.537. The number of aliphatic hydroxyl groups is 2. The van der Waals surface area contributed by atoms with Gasteiger partial charge in [0, 0.05) is 27.4 Å². The molecule has 0 aliphatic heterocycles. The van der Waals surface area contributed by atoms with E-state index in [0.717, 1.165) is 0 Å². The first-order valence-electron chi connectivity index (χ1n) is 29.2. The summed E-state index contributed by atoms with van der Waals surface area (Å²) in [4.78, 5) is 87.5. The Kier molecular flexibility index (Phi) is 43.1. The van der Waals surface area contributed by atoms with Crippen molar-refractivity contribution in [3.63, 3.8) is 0 Å². The third-order valence-corrected chi connectivity index (χ3v) is 10.7. The average molecular weight is 1360 g/mol. The van der Waals surface area contributed by atoms with Gasteiger partial charge >= 0.3 is 47.8 Å². The largest absolute Gasteiger partial charge is 0.463 e. The van der Waals surface area contributed by atoms with Crippen LogP contribution in [-0.4, -0.2) is 140 Å². The van der Waals surface area contributed by atoms with Crippen LogP contribution in [0.25, 0.3) is 0 Å². The maximum absolute atomic E-state index is 11.2. The van der Waals surface area contributed by atoms with Crippen molar-refractivity contribution in [2.24, 2.45) is 0 Å². The van der Waals surface area contributed by atoms with Gasteiger partial charge in [-0.15, -0.1) is 0 Å². The standard InChI is InChI=1S/C10H14O4.2C9H12O4.2C8H10O4.C8H10O3.C7H8O4.C7H8O3/c1-3-12-7-8-5-6-9(14-8)10(11)13-4-2;1-3-12-6-7-4-5-8(13-7)9(10)11-2;1-3-12-9(10)8-5-4-7(13-8)6-11-2;1-10-5-6-3-4-7(12-6)8(9)11-2;1-2-11-8(10)7-4-3-6(5-9)12-7;1-3-10-8(9)7-5-4-6(2)11-7;1-10-7(9)6-3-2-5(4-8)11-6;1-5-3-4-6(10-5)7(8)9-2/h5-6H,3-4,7H2,1-2H3;2*4-5H,3,6H2,1-2H3;3-4H,5H2,1-2H3;3-4,9H,2,5H2,1H3;4-5H,3H2,1-2H3;2-3,8H,4H2,1H3;3-4H,1-2H3. The number of esters is 8. The summed E-state index contributed by atoms with van der Waals surface area (Å²) in [5, 5.41) is 17.2. The van der Waals surface area contributed by atoms with Crippen molar-refractivity contribution >= 4 is 47.8 Å². The van der Waals surface area contributed by atoms with Crippen LogP contribution >= 0.6 is 0 Å². The number of ether oxygens (including phenoxy) is 12. The third kappa shape index (κ3) is 33.0. The molecule has 8 heterocycles. The van der Waals surface area contributed by atoms with Gasteiger partial charge in [0.25, 0.3) is 0 Å². The molecule has 0 bridgehead atoms. The zero-order valence-corrected chi connectivity index (χ0v) is 56.0. The van der Waals surface area contributed by atoms with Crippen LogP contribution in [-0.2, 0) is 96.5 Å². The van der Waals surface area contributed by atoms with E-state index < -0.39 is 47.8 Å². The average Bonchev–Trinajstić information content (AvgIpc) is 2.63. The van der Waals surface area contributed by atoms with Gasteiger partial charge in [-0.25, -0.2) is 38.4 Å². The van der Waals surface area contributed by atoms with Crippen molar-refractivity contribution < 1.29 is 141 Å². The van der Waals surface area contributed by atoms with Crippen LogP contribution < -0.4 is 0 Å². The van der Waals surface area contributed by atoms with Gasteiger partial charge in [-0.2, -0.15) is 0 Å². The van der Waals surface area contributed by atoms with Gasteiger partial charge < -0.3 is 102 Å². The molecule has 8 aromatic heterocycles. The number of aliphatic hydroxyl groups excluding tert-OH is 2. The lowest BCUT2D eigenvalue weighted by molar-refractivity contribution is 0.0472. The highest BCUT2D eigenvalue weighted by molar-refractivity contribution is 5.89. The topological polar surface area (TPSA) is 393 Å². The van der Waals surface area contributed by atoms with Crippen LogP contribution in [0.2, 0.25) is 0 Å². The maximum Gasteiger partial charge on any atom is 0.374 e. The van der Waals surface area contributed by atoms with Crippen LogP contribution in [0.5, 0.6) is 0 Å². The molecule has 8 rings (SSSR count). The molecule has 2 N–H and O–H groups in total. The molecule has 0 saturated carbocycles. The summed E-state index contributed by atoms with van der Waals surface area (Å²) in [5.74, 6) is 2.52. The fourth-order valence-corrected chi connectivity index (χ4v) is 6.40.